The number of rotatable bonds is 4. The van der Waals surface area contributed by atoms with Crippen LogP contribution >= 0.6 is 15.9 Å². The molecule has 1 aromatic carbocycles. The maximum Gasteiger partial charge on any atom is 0.238 e. The summed E-state index contributed by atoms with van der Waals surface area (Å²) in [4.78, 5) is 11.7. The minimum Gasteiger partial charge on any atom is -0.495 e. The van der Waals surface area contributed by atoms with E-state index >= 15 is 0 Å². The monoisotopic (exact) mass is 299 g/mol. The Kier molecular flexibility index (Phi) is 5.00. The number of ether oxygens (including phenoxy) is 1. The maximum atomic E-state index is 11.9. The number of benzene rings is 1. The van der Waals surface area contributed by atoms with Crippen molar-refractivity contribution < 1.29 is 9.53 Å². The summed E-state index contributed by atoms with van der Waals surface area (Å²) >= 11 is 3.38. The van der Waals surface area contributed by atoms with Gasteiger partial charge in [0.2, 0.25) is 5.91 Å². The normalized spacial score (nSPS) is 12.4. The van der Waals surface area contributed by atoms with Gasteiger partial charge in [0, 0.05) is 0 Å². The molecule has 17 heavy (non-hydrogen) atoms. The van der Waals surface area contributed by atoms with Crippen LogP contribution in [0.2, 0.25) is 0 Å². The van der Waals surface area contributed by atoms with Crippen LogP contribution in [0.4, 0.5) is 5.69 Å². The van der Waals surface area contributed by atoms with E-state index in [1.54, 1.807) is 7.11 Å². The van der Waals surface area contributed by atoms with Gasteiger partial charge in [0.05, 0.1) is 17.6 Å². The topological polar surface area (TPSA) is 38.3 Å². The van der Waals surface area contributed by atoms with Crippen LogP contribution in [0.5, 0.6) is 5.75 Å². The molecular weight excluding hydrogens is 282 g/mol. The first-order valence-electron chi connectivity index (χ1n) is 5.55. The summed E-state index contributed by atoms with van der Waals surface area (Å²) in [7, 11) is 1.59. The Morgan fingerprint density at radius 2 is 2.06 bits per heavy atom. The number of nitrogens with one attached hydrogen (secondary N) is 1. The Morgan fingerprint density at radius 1 is 1.41 bits per heavy atom. The summed E-state index contributed by atoms with van der Waals surface area (Å²) in [5.74, 6) is 0.863. The van der Waals surface area contributed by atoms with Crippen molar-refractivity contribution in [2.45, 2.75) is 25.6 Å². The average molecular weight is 300 g/mol. The molecule has 4 heteroatoms. The first kappa shape index (κ1) is 14.0. The first-order valence-corrected chi connectivity index (χ1v) is 6.47. The van der Waals surface area contributed by atoms with Crippen LogP contribution in [0.3, 0.4) is 0 Å². The largest absolute Gasteiger partial charge is 0.495 e. The number of amides is 1. The van der Waals surface area contributed by atoms with Crippen LogP contribution in [0.1, 0.15) is 19.4 Å². The van der Waals surface area contributed by atoms with E-state index in [-0.39, 0.29) is 16.7 Å². The van der Waals surface area contributed by atoms with Gasteiger partial charge in [-0.05, 0) is 30.5 Å². The fourth-order valence-corrected chi connectivity index (χ4v) is 1.54. The molecule has 0 bridgehead atoms. The highest BCUT2D eigenvalue weighted by molar-refractivity contribution is 9.10. The molecule has 1 rings (SSSR count). The molecule has 1 N–H and O–H groups in total. The number of halogens is 1. The van der Waals surface area contributed by atoms with Crippen LogP contribution in [0, 0.1) is 12.8 Å². The fourth-order valence-electron chi connectivity index (χ4n) is 1.42. The van der Waals surface area contributed by atoms with E-state index < -0.39 is 0 Å². The van der Waals surface area contributed by atoms with Gasteiger partial charge in [0.15, 0.2) is 0 Å². The third-order valence-corrected chi connectivity index (χ3v) is 3.92. The average Bonchev–Trinajstić information content (AvgIpc) is 2.28. The highest BCUT2D eigenvalue weighted by atomic mass is 79.9. The lowest BCUT2D eigenvalue weighted by Crippen LogP contribution is -2.27. The fraction of sp³-hybridized carbons (Fsp3) is 0.462. The SMILES string of the molecule is COc1ccc(C)cc1NC(=O)C(Br)C(C)C. The van der Waals surface area contributed by atoms with Gasteiger partial charge in [-0.2, -0.15) is 0 Å². The number of carbonyl (C=O) groups is 1. The number of anilines is 1. The van der Waals surface area contributed by atoms with Crippen molar-refractivity contribution in [3.8, 4) is 5.75 Å². The molecule has 0 fully saturated rings. The molecular formula is C13H18BrNO2. The van der Waals surface area contributed by atoms with E-state index in [1.807, 2.05) is 39.0 Å². The molecule has 0 saturated carbocycles. The molecule has 1 amide bonds. The molecule has 1 unspecified atom stereocenters. The predicted octanol–water partition coefficient (Wildman–Crippen LogP) is 3.36. The molecule has 1 aromatic rings. The van der Waals surface area contributed by atoms with Crippen LogP contribution in [0.25, 0.3) is 0 Å². The van der Waals surface area contributed by atoms with E-state index in [2.05, 4.69) is 21.2 Å². The third-order valence-electron chi connectivity index (χ3n) is 2.45. The second-order valence-corrected chi connectivity index (χ2v) is 5.33. The zero-order valence-corrected chi connectivity index (χ0v) is 12.2. The minimum absolute atomic E-state index is 0.0519. The van der Waals surface area contributed by atoms with Crippen molar-refractivity contribution in [1.29, 1.82) is 0 Å². The Balaban J connectivity index is 2.87. The molecule has 0 aromatic heterocycles. The first-order chi connectivity index (χ1) is 7.95. The Morgan fingerprint density at radius 3 is 2.59 bits per heavy atom. The van der Waals surface area contributed by atoms with E-state index in [0.29, 0.717) is 11.4 Å². The van der Waals surface area contributed by atoms with Gasteiger partial charge in [0.1, 0.15) is 5.75 Å². The second-order valence-electron chi connectivity index (χ2n) is 4.34. The number of hydrogen-bond donors (Lipinski definition) is 1. The van der Waals surface area contributed by atoms with Gasteiger partial charge in [0.25, 0.3) is 0 Å². The second kappa shape index (κ2) is 6.05. The molecule has 3 nitrogen and oxygen atoms in total. The molecule has 0 saturated heterocycles. The Labute approximate surface area is 111 Å². The van der Waals surface area contributed by atoms with Gasteiger partial charge in [-0.3, -0.25) is 4.79 Å². The molecule has 94 valence electrons. The van der Waals surface area contributed by atoms with Gasteiger partial charge in [-0.25, -0.2) is 0 Å². The standard InChI is InChI=1S/C13H18BrNO2/c1-8(2)12(14)13(16)15-10-7-9(3)5-6-11(10)17-4/h5-8,12H,1-4H3,(H,15,16). The van der Waals surface area contributed by atoms with Crippen LogP contribution in [-0.2, 0) is 4.79 Å². The number of aryl methyl sites for hydroxylation is 1. The zero-order valence-electron chi connectivity index (χ0n) is 10.6. The van der Waals surface area contributed by atoms with E-state index in [4.69, 9.17) is 4.74 Å². The number of alkyl halides is 1. The molecule has 1 atom stereocenters. The summed E-state index contributed by atoms with van der Waals surface area (Å²) in [5, 5.41) is 2.87. The van der Waals surface area contributed by atoms with Gasteiger partial charge in [-0.1, -0.05) is 35.8 Å². The molecule has 0 radical (unpaired) electrons. The smallest absolute Gasteiger partial charge is 0.238 e. The van der Waals surface area contributed by atoms with Crippen LogP contribution in [-0.4, -0.2) is 17.8 Å². The molecule has 0 aliphatic heterocycles. The van der Waals surface area contributed by atoms with Crippen molar-refractivity contribution >= 4 is 27.5 Å². The van der Waals surface area contributed by atoms with Gasteiger partial charge in [-0.15, -0.1) is 0 Å². The Hall–Kier alpha value is -1.03. The van der Waals surface area contributed by atoms with Crippen LogP contribution in [0.15, 0.2) is 18.2 Å². The van der Waals surface area contributed by atoms with Crippen molar-refractivity contribution in [3.05, 3.63) is 23.8 Å². The van der Waals surface area contributed by atoms with Crippen molar-refractivity contribution in [2.24, 2.45) is 5.92 Å². The predicted molar refractivity (Wildman–Crippen MR) is 73.9 cm³/mol. The van der Waals surface area contributed by atoms with E-state index in [9.17, 15) is 4.79 Å². The molecule has 0 aliphatic rings. The summed E-state index contributed by atoms with van der Waals surface area (Å²) in [6.45, 7) is 5.96. The van der Waals surface area contributed by atoms with Crippen molar-refractivity contribution in [1.82, 2.24) is 0 Å². The Bertz CT molecular complexity index is 404. The van der Waals surface area contributed by atoms with E-state index in [1.165, 1.54) is 0 Å². The lowest BCUT2D eigenvalue weighted by Gasteiger charge is -2.16. The molecule has 0 spiro atoms. The lowest BCUT2D eigenvalue weighted by molar-refractivity contribution is -0.116. The number of hydrogen-bond acceptors (Lipinski definition) is 2. The number of carbonyl (C=O) groups excluding carboxylic acids is 1. The zero-order chi connectivity index (χ0) is 13.0. The van der Waals surface area contributed by atoms with Gasteiger partial charge < -0.3 is 10.1 Å². The summed E-state index contributed by atoms with van der Waals surface area (Å²) in [6.07, 6.45) is 0. The third kappa shape index (κ3) is 3.73. The van der Waals surface area contributed by atoms with Crippen molar-refractivity contribution in [2.75, 3.05) is 12.4 Å². The molecule has 0 aliphatic carbocycles. The van der Waals surface area contributed by atoms with Gasteiger partial charge >= 0.3 is 0 Å². The highest BCUT2D eigenvalue weighted by Gasteiger charge is 2.19. The summed E-state index contributed by atoms with van der Waals surface area (Å²) in [6, 6.07) is 5.70. The van der Waals surface area contributed by atoms with E-state index in [0.717, 1.165) is 5.56 Å². The lowest BCUT2D eigenvalue weighted by atomic mass is 10.1. The maximum absolute atomic E-state index is 11.9. The molecule has 0 heterocycles. The summed E-state index contributed by atoms with van der Waals surface area (Å²) in [5.41, 5.74) is 1.79. The van der Waals surface area contributed by atoms with Crippen LogP contribution < -0.4 is 10.1 Å². The highest BCUT2D eigenvalue weighted by Crippen LogP contribution is 2.26. The van der Waals surface area contributed by atoms with Crippen molar-refractivity contribution in [3.63, 3.8) is 0 Å². The summed E-state index contributed by atoms with van der Waals surface area (Å²) < 4.78 is 5.21. The minimum atomic E-state index is -0.201. The number of methoxy groups -OCH3 is 1. The quantitative estimate of drug-likeness (QED) is 0.866.